The van der Waals surface area contributed by atoms with Gasteiger partial charge in [-0.2, -0.15) is 0 Å². The quantitative estimate of drug-likeness (QED) is 0.811. The van der Waals surface area contributed by atoms with E-state index in [4.69, 9.17) is 4.42 Å². The monoisotopic (exact) mass is 342 g/mol. The molecule has 134 valence electrons. The van der Waals surface area contributed by atoms with Crippen LogP contribution in [0.15, 0.2) is 22.8 Å². The van der Waals surface area contributed by atoms with Gasteiger partial charge < -0.3 is 14.2 Å². The van der Waals surface area contributed by atoms with Gasteiger partial charge in [0.25, 0.3) is 0 Å². The minimum atomic E-state index is -0.0660. The van der Waals surface area contributed by atoms with Gasteiger partial charge in [-0.3, -0.25) is 9.59 Å². The summed E-state index contributed by atoms with van der Waals surface area (Å²) in [6.45, 7) is 5.33. The van der Waals surface area contributed by atoms with Crippen molar-refractivity contribution in [1.29, 1.82) is 0 Å². The Morgan fingerprint density at radius 2 is 1.76 bits per heavy atom. The molecule has 1 aromatic carbocycles. The number of benzene rings is 1. The van der Waals surface area contributed by atoms with Crippen molar-refractivity contribution in [2.24, 2.45) is 0 Å². The fraction of sp³-hybridized carbons (Fsp3) is 0.500. The van der Waals surface area contributed by atoms with Crippen LogP contribution in [-0.2, 0) is 28.9 Å². The van der Waals surface area contributed by atoms with E-state index < -0.39 is 0 Å². The highest BCUT2D eigenvalue weighted by Gasteiger charge is 2.20. The molecule has 0 fully saturated rings. The van der Waals surface area contributed by atoms with Gasteiger partial charge in [-0.05, 0) is 56.4 Å². The number of likely N-dealkylation sites (N-methyl/N-ethyl adjacent to an activating group) is 2. The van der Waals surface area contributed by atoms with Gasteiger partial charge in [0.1, 0.15) is 5.58 Å². The number of amides is 2. The topological polar surface area (TPSA) is 53.8 Å². The standard InChI is InChI=1S/C20H26N2O3/c1-4-22(5-2)20(24)12-21(3)19(23)11-16-13-25-18-10-15-8-6-7-14(15)9-17(16)18/h9-10,13H,4-8,11-12H2,1-3H3. The first-order valence-corrected chi connectivity index (χ1v) is 9.07. The van der Waals surface area contributed by atoms with Crippen LogP contribution >= 0.6 is 0 Å². The zero-order chi connectivity index (χ0) is 18.0. The molecule has 0 saturated carbocycles. The molecule has 0 bridgehead atoms. The average Bonchev–Trinajstić information content (AvgIpc) is 3.20. The molecule has 1 aliphatic carbocycles. The number of hydrogen-bond acceptors (Lipinski definition) is 3. The first-order chi connectivity index (χ1) is 12.0. The molecule has 2 aromatic rings. The van der Waals surface area contributed by atoms with Crippen molar-refractivity contribution >= 4 is 22.8 Å². The molecule has 1 aliphatic rings. The Morgan fingerprint density at radius 3 is 2.44 bits per heavy atom. The molecule has 0 unspecified atom stereocenters. The van der Waals surface area contributed by atoms with Crippen LogP contribution in [0.25, 0.3) is 11.0 Å². The van der Waals surface area contributed by atoms with Crippen LogP contribution in [0, 0.1) is 0 Å². The molecule has 0 N–H and O–H groups in total. The zero-order valence-electron chi connectivity index (χ0n) is 15.3. The molecule has 2 amide bonds. The normalized spacial score (nSPS) is 13.1. The lowest BCUT2D eigenvalue weighted by atomic mass is 10.0. The van der Waals surface area contributed by atoms with Gasteiger partial charge in [-0.25, -0.2) is 0 Å². The van der Waals surface area contributed by atoms with Gasteiger partial charge >= 0.3 is 0 Å². The Kier molecular flexibility index (Phi) is 5.11. The molecule has 0 atom stereocenters. The van der Waals surface area contributed by atoms with E-state index in [0.29, 0.717) is 13.1 Å². The minimum absolute atomic E-state index is 0.0179. The van der Waals surface area contributed by atoms with Crippen LogP contribution in [0.3, 0.4) is 0 Å². The average molecular weight is 342 g/mol. The molecule has 0 saturated heterocycles. The number of furan rings is 1. The maximum Gasteiger partial charge on any atom is 0.242 e. The first kappa shape index (κ1) is 17.5. The lowest BCUT2D eigenvalue weighted by Crippen LogP contribution is -2.41. The summed E-state index contributed by atoms with van der Waals surface area (Å²) < 4.78 is 5.66. The second-order valence-electron chi connectivity index (χ2n) is 6.72. The maximum absolute atomic E-state index is 12.5. The lowest BCUT2D eigenvalue weighted by molar-refractivity contribution is -0.138. The summed E-state index contributed by atoms with van der Waals surface area (Å²) in [5.41, 5.74) is 4.48. The Labute approximate surface area is 148 Å². The van der Waals surface area contributed by atoms with Crippen LogP contribution in [0.4, 0.5) is 0 Å². The van der Waals surface area contributed by atoms with E-state index in [0.717, 1.165) is 29.4 Å². The fourth-order valence-electron chi connectivity index (χ4n) is 3.55. The number of hydrogen-bond donors (Lipinski definition) is 0. The SMILES string of the molecule is CCN(CC)C(=O)CN(C)C(=O)Cc1coc2cc3c(cc12)CCC3. The Morgan fingerprint density at radius 1 is 1.08 bits per heavy atom. The highest BCUT2D eigenvalue weighted by Crippen LogP contribution is 2.30. The third kappa shape index (κ3) is 3.55. The summed E-state index contributed by atoms with van der Waals surface area (Å²) in [4.78, 5) is 28.0. The van der Waals surface area contributed by atoms with Crippen LogP contribution in [0.2, 0.25) is 0 Å². The van der Waals surface area contributed by atoms with Crippen molar-refractivity contribution in [3.63, 3.8) is 0 Å². The third-order valence-electron chi connectivity index (χ3n) is 5.12. The van der Waals surface area contributed by atoms with E-state index in [1.165, 1.54) is 22.4 Å². The molecule has 1 heterocycles. The largest absolute Gasteiger partial charge is 0.464 e. The van der Waals surface area contributed by atoms with E-state index in [-0.39, 0.29) is 24.8 Å². The molecule has 0 spiro atoms. The predicted molar refractivity (Wildman–Crippen MR) is 97.5 cm³/mol. The molecule has 0 radical (unpaired) electrons. The Hall–Kier alpha value is -2.30. The van der Waals surface area contributed by atoms with Gasteiger partial charge in [-0.1, -0.05) is 0 Å². The minimum Gasteiger partial charge on any atom is -0.464 e. The Balaban J connectivity index is 1.70. The van der Waals surface area contributed by atoms with Crippen molar-refractivity contribution in [2.45, 2.75) is 39.5 Å². The molecular weight excluding hydrogens is 316 g/mol. The van der Waals surface area contributed by atoms with Crippen LogP contribution in [-0.4, -0.2) is 48.3 Å². The van der Waals surface area contributed by atoms with Crippen molar-refractivity contribution in [1.82, 2.24) is 9.80 Å². The first-order valence-electron chi connectivity index (χ1n) is 9.07. The summed E-state index contributed by atoms with van der Waals surface area (Å²) in [5, 5.41) is 1.03. The van der Waals surface area contributed by atoms with Crippen LogP contribution < -0.4 is 0 Å². The summed E-state index contributed by atoms with van der Waals surface area (Å²) in [6, 6.07) is 4.28. The highest BCUT2D eigenvalue weighted by atomic mass is 16.3. The van der Waals surface area contributed by atoms with E-state index in [9.17, 15) is 9.59 Å². The number of carbonyl (C=O) groups excluding carboxylic acids is 2. The summed E-state index contributed by atoms with van der Waals surface area (Å²) in [6.07, 6.45) is 5.33. The number of aryl methyl sites for hydroxylation is 2. The summed E-state index contributed by atoms with van der Waals surface area (Å²) in [5.74, 6) is -0.0839. The third-order valence-corrected chi connectivity index (χ3v) is 5.12. The molecule has 25 heavy (non-hydrogen) atoms. The summed E-state index contributed by atoms with van der Waals surface area (Å²) in [7, 11) is 1.68. The highest BCUT2D eigenvalue weighted by molar-refractivity contribution is 5.90. The van der Waals surface area contributed by atoms with Gasteiger partial charge in [0.2, 0.25) is 11.8 Å². The molecule has 1 aromatic heterocycles. The molecule has 5 nitrogen and oxygen atoms in total. The van der Waals surface area contributed by atoms with Crippen molar-refractivity contribution < 1.29 is 14.0 Å². The number of fused-ring (bicyclic) bond motifs is 2. The molecule has 0 aliphatic heterocycles. The van der Waals surface area contributed by atoms with Gasteiger partial charge in [0.05, 0.1) is 19.2 Å². The van der Waals surface area contributed by atoms with Crippen LogP contribution in [0.5, 0.6) is 0 Å². The smallest absolute Gasteiger partial charge is 0.242 e. The summed E-state index contributed by atoms with van der Waals surface area (Å²) >= 11 is 0. The van der Waals surface area contributed by atoms with Crippen molar-refractivity contribution in [3.8, 4) is 0 Å². The van der Waals surface area contributed by atoms with Crippen LogP contribution in [0.1, 0.15) is 37.0 Å². The van der Waals surface area contributed by atoms with E-state index in [1.54, 1.807) is 18.2 Å². The van der Waals surface area contributed by atoms with Gasteiger partial charge in [0.15, 0.2) is 0 Å². The van der Waals surface area contributed by atoms with Crippen molar-refractivity contribution in [2.75, 3.05) is 26.7 Å². The fourth-order valence-corrected chi connectivity index (χ4v) is 3.55. The second-order valence-corrected chi connectivity index (χ2v) is 6.72. The predicted octanol–water partition coefficient (Wildman–Crippen LogP) is 2.79. The second kappa shape index (κ2) is 7.30. The van der Waals surface area contributed by atoms with E-state index >= 15 is 0 Å². The van der Waals surface area contributed by atoms with Crippen molar-refractivity contribution in [3.05, 3.63) is 35.1 Å². The lowest BCUT2D eigenvalue weighted by Gasteiger charge is -2.23. The number of rotatable bonds is 6. The zero-order valence-corrected chi connectivity index (χ0v) is 15.3. The number of nitrogens with zero attached hydrogens (tertiary/aromatic N) is 2. The van der Waals surface area contributed by atoms with E-state index in [1.807, 2.05) is 13.8 Å². The van der Waals surface area contributed by atoms with E-state index in [2.05, 4.69) is 12.1 Å². The maximum atomic E-state index is 12.5. The number of carbonyl (C=O) groups is 2. The Bertz CT molecular complexity index is 790. The molecule has 5 heteroatoms. The van der Waals surface area contributed by atoms with Gasteiger partial charge in [0, 0.05) is 31.1 Å². The van der Waals surface area contributed by atoms with Gasteiger partial charge in [-0.15, -0.1) is 0 Å². The molecule has 3 rings (SSSR count). The molecular formula is C20H26N2O3.